The lowest BCUT2D eigenvalue weighted by Crippen LogP contribution is -2.38. The second kappa shape index (κ2) is 24.7. The van der Waals surface area contributed by atoms with Crippen LogP contribution >= 0.6 is 0 Å². The Morgan fingerprint density at radius 2 is 0.983 bits per heavy atom. The van der Waals surface area contributed by atoms with Crippen molar-refractivity contribution >= 4 is 0 Å². The van der Waals surface area contributed by atoms with E-state index >= 15 is 0 Å². The molecule has 10 nitrogen and oxygen atoms in total. The zero-order chi connectivity index (χ0) is 45.8. The molecule has 0 bridgehead atoms. The predicted octanol–water partition coefficient (Wildman–Crippen LogP) is 11.9. The van der Waals surface area contributed by atoms with E-state index in [2.05, 4.69) is 169 Å². The first-order chi connectivity index (χ1) is 27.4. The van der Waals surface area contributed by atoms with Crippen LogP contribution in [0.5, 0.6) is 29.1 Å². The molecule has 3 rings (SSSR count). The lowest BCUT2D eigenvalue weighted by atomic mass is 9.88. The Bertz CT molecular complexity index is 1490. The van der Waals surface area contributed by atoms with Crippen LogP contribution in [0.25, 0.3) is 0 Å². The Kier molecular flexibility index (Phi) is 22.4. The van der Waals surface area contributed by atoms with E-state index in [1.807, 2.05) is 30.5 Å². The molecular formula is C50H87N5O5. The highest BCUT2D eigenvalue weighted by Crippen LogP contribution is 2.26. The van der Waals surface area contributed by atoms with Crippen LogP contribution in [-0.2, 0) is 5.41 Å². The molecule has 3 heterocycles. The van der Waals surface area contributed by atoms with Crippen molar-refractivity contribution in [2.45, 2.75) is 173 Å². The van der Waals surface area contributed by atoms with Gasteiger partial charge in [-0.1, -0.05) is 83.1 Å². The maximum atomic E-state index is 5.95. The molecule has 342 valence electrons. The van der Waals surface area contributed by atoms with Crippen molar-refractivity contribution in [2.75, 3.05) is 39.5 Å². The second-order valence-electron chi connectivity index (χ2n) is 22.4. The molecule has 0 aliphatic heterocycles. The van der Waals surface area contributed by atoms with Crippen LogP contribution in [-0.4, -0.2) is 71.7 Å². The number of hydrogen-bond acceptors (Lipinski definition) is 10. The van der Waals surface area contributed by atoms with Gasteiger partial charge in [0.2, 0.25) is 17.6 Å². The summed E-state index contributed by atoms with van der Waals surface area (Å²) in [6.07, 6.45) is 8.99. The molecule has 0 saturated carbocycles. The van der Waals surface area contributed by atoms with Gasteiger partial charge in [0.05, 0.1) is 31.7 Å². The van der Waals surface area contributed by atoms with E-state index in [0.717, 1.165) is 36.9 Å². The molecule has 0 fully saturated rings. The van der Waals surface area contributed by atoms with Gasteiger partial charge >= 0.3 is 0 Å². The first-order valence-corrected chi connectivity index (χ1v) is 22.0. The predicted molar refractivity (Wildman–Crippen MR) is 251 cm³/mol. The minimum absolute atomic E-state index is 0.113. The Morgan fingerprint density at radius 1 is 0.533 bits per heavy atom. The summed E-state index contributed by atoms with van der Waals surface area (Å²) in [5, 5.41) is 6.73. The molecule has 0 aliphatic rings. The monoisotopic (exact) mass is 838 g/mol. The smallest absolute Gasteiger partial charge is 0.213 e. The number of rotatable bonds is 17. The van der Waals surface area contributed by atoms with Gasteiger partial charge < -0.3 is 34.3 Å². The minimum Gasteiger partial charge on any atom is -0.491 e. The van der Waals surface area contributed by atoms with E-state index in [4.69, 9.17) is 23.7 Å². The van der Waals surface area contributed by atoms with Crippen LogP contribution in [0.15, 0.2) is 55.0 Å². The molecule has 10 heteroatoms. The topological polar surface area (TPSA) is 109 Å². The van der Waals surface area contributed by atoms with Crippen molar-refractivity contribution in [3.63, 3.8) is 0 Å². The van der Waals surface area contributed by atoms with Crippen molar-refractivity contribution in [3.05, 3.63) is 60.6 Å². The van der Waals surface area contributed by atoms with Gasteiger partial charge in [0.25, 0.3) is 0 Å². The number of hydrogen-bond donors (Lipinski definition) is 2. The summed E-state index contributed by atoms with van der Waals surface area (Å²) in [5.74, 6) is 3.56. The Hall–Kier alpha value is -3.63. The lowest BCUT2D eigenvalue weighted by molar-refractivity contribution is 0.191. The van der Waals surface area contributed by atoms with E-state index in [0.29, 0.717) is 43.6 Å². The quantitative estimate of drug-likeness (QED) is 0.128. The van der Waals surface area contributed by atoms with Gasteiger partial charge in [0.1, 0.15) is 24.7 Å². The van der Waals surface area contributed by atoms with E-state index in [1.165, 1.54) is 18.4 Å². The Morgan fingerprint density at radius 3 is 1.33 bits per heavy atom. The fourth-order valence-electron chi connectivity index (χ4n) is 4.96. The lowest BCUT2D eigenvalue weighted by Gasteiger charge is -2.21. The Balaban J connectivity index is 0.000000450. The highest BCUT2D eigenvalue weighted by molar-refractivity contribution is 5.27. The molecule has 0 saturated heterocycles. The third-order valence-corrected chi connectivity index (χ3v) is 8.24. The van der Waals surface area contributed by atoms with Crippen molar-refractivity contribution in [1.82, 2.24) is 25.6 Å². The average molecular weight is 838 g/mol. The highest BCUT2D eigenvalue weighted by Gasteiger charge is 2.17. The van der Waals surface area contributed by atoms with E-state index in [-0.39, 0.29) is 33.4 Å². The van der Waals surface area contributed by atoms with Gasteiger partial charge in [-0.25, -0.2) is 15.0 Å². The summed E-state index contributed by atoms with van der Waals surface area (Å²) in [5.41, 5.74) is 2.33. The van der Waals surface area contributed by atoms with Crippen LogP contribution in [0.1, 0.15) is 156 Å². The molecular weight excluding hydrogens is 751 g/mol. The number of nitrogens with zero attached hydrogens (tertiary/aromatic N) is 3. The molecule has 2 N–H and O–H groups in total. The summed E-state index contributed by atoms with van der Waals surface area (Å²) in [4.78, 5) is 12.8. The van der Waals surface area contributed by atoms with E-state index in [1.54, 1.807) is 12.4 Å². The maximum Gasteiger partial charge on any atom is 0.213 e. The summed E-state index contributed by atoms with van der Waals surface area (Å²) >= 11 is 0. The van der Waals surface area contributed by atoms with Gasteiger partial charge in [-0.15, -0.1) is 0 Å². The van der Waals surface area contributed by atoms with Gasteiger partial charge in [-0.05, 0) is 113 Å². The van der Waals surface area contributed by atoms with Gasteiger partial charge in [0.15, 0.2) is 0 Å². The second-order valence-corrected chi connectivity index (χ2v) is 22.4. The molecule has 0 aromatic carbocycles. The van der Waals surface area contributed by atoms with Gasteiger partial charge in [0, 0.05) is 48.6 Å². The molecule has 0 amide bonds. The highest BCUT2D eigenvalue weighted by atomic mass is 16.5. The normalized spacial score (nSPS) is 12.9. The molecule has 1 unspecified atom stereocenters. The van der Waals surface area contributed by atoms with Crippen molar-refractivity contribution in [2.24, 2.45) is 16.2 Å². The van der Waals surface area contributed by atoms with Crippen LogP contribution in [0, 0.1) is 16.2 Å². The third kappa shape index (κ3) is 30.4. The molecule has 0 spiro atoms. The van der Waals surface area contributed by atoms with Crippen molar-refractivity contribution in [3.8, 4) is 29.1 Å². The summed E-state index contributed by atoms with van der Waals surface area (Å²) in [6.45, 7) is 45.4. The molecule has 3 aromatic heterocycles. The molecule has 60 heavy (non-hydrogen) atoms. The largest absolute Gasteiger partial charge is 0.491 e. The zero-order valence-electron chi connectivity index (χ0n) is 41.5. The van der Waals surface area contributed by atoms with Crippen LogP contribution in [0.2, 0.25) is 0 Å². The number of nitrogens with one attached hydrogen (secondary N) is 2. The van der Waals surface area contributed by atoms with Crippen molar-refractivity contribution < 1.29 is 23.7 Å². The number of ether oxygens (including phenoxy) is 5. The molecule has 3 aromatic rings. The van der Waals surface area contributed by atoms with Crippen molar-refractivity contribution in [1.29, 1.82) is 0 Å². The molecule has 1 atom stereocenters. The zero-order valence-corrected chi connectivity index (χ0v) is 41.5. The standard InChI is InChI=1S/C18H31NO.2C16H28N2O2/c1-14(9-8-11-17(2,3)4)20-16-13-15(10-12-19-16)18(5,6)7;2*1-15(2,3)12-20-13-7-8-14(17-11-13)19-10-9-18-16(4,5)6/h10,12-14H,8-9,11H2,1-7H3;2*7-8,11,18H,9-10,12H2,1-6H3. The van der Waals surface area contributed by atoms with Crippen LogP contribution in [0.4, 0.5) is 0 Å². The summed E-state index contributed by atoms with van der Waals surface area (Å²) < 4.78 is 28.4. The number of aromatic nitrogens is 3. The van der Waals surface area contributed by atoms with E-state index in [9.17, 15) is 0 Å². The third-order valence-electron chi connectivity index (χ3n) is 8.24. The fraction of sp³-hybridized carbons (Fsp3) is 0.700. The Labute approximate surface area is 367 Å². The first-order valence-electron chi connectivity index (χ1n) is 22.0. The SMILES string of the molecule is CC(C)(C)COc1ccc(OCCNC(C)(C)C)nc1.CC(C)(C)COc1ccc(OCCNC(C)(C)C)nc1.CC(CCCC(C)(C)C)Oc1cc(C(C)(C)C)ccn1. The first kappa shape index (κ1) is 54.4. The average Bonchev–Trinajstić information content (AvgIpc) is 3.09. The minimum atomic E-state index is 0.113. The molecule has 0 aliphatic carbocycles. The maximum absolute atomic E-state index is 5.95. The van der Waals surface area contributed by atoms with Gasteiger partial charge in [-0.3, -0.25) is 0 Å². The summed E-state index contributed by atoms with van der Waals surface area (Å²) in [7, 11) is 0. The van der Waals surface area contributed by atoms with Crippen LogP contribution in [0.3, 0.4) is 0 Å². The summed E-state index contributed by atoms with van der Waals surface area (Å²) in [6, 6.07) is 11.6. The van der Waals surface area contributed by atoms with Gasteiger partial charge in [-0.2, -0.15) is 0 Å². The number of pyridine rings is 3. The van der Waals surface area contributed by atoms with Crippen LogP contribution < -0.4 is 34.3 Å². The van der Waals surface area contributed by atoms with E-state index < -0.39 is 0 Å². The molecule has 0 radical (unpaired) electrons. The fourth-order valence-corrected chi connectivity index (χ4v) is 4.96.